The van der Waals surface area contributed by atoms with Crippen molar-refractivity contribution in [1.82, 2.24) is 4.90 Å². The molecule has 1 aliphatic heterocycles. The number of methoxy groups -OCH3 is 4. The van der Waals surface area contributed by atoms with E-state index >= 15 is 0 Å². The van der Waals surface area contributed by atoms with Crippen molar-refractivity contribution in [3.05, 3.63) is 35.9 Å². The molecular formula is C35H47NO12. The van der Waals surface area contributed by atoms with Gasteiger partial charge in [0, 0.05) is 89.9 Å². The van der Waals surface area contributed by atoms with Crippen LogP contribution in [0.2, 0.25) is 0 Å². The van der Waals surface area contributed by atoms with Crippen molar-refractivity contribution >= 4 is 17.9 Å². The van der Waals surface area contributed by atoms with E-state index in [2.05, 4.69) is 4.90 Å². The predicted octanol–water partition coefficient (Wildman–Crippen LogP) is 0.829. The van der Waals surface area contributed by atoms with Gasteiger partial charge in [-0.05, 0) is 31.5 Å². The van der Waals surface area contributed by atoms with Crippen LogP contribution in [0.5, 0.6) is 0 Å². The highest BCUT2D eigenvalue weighted by molar-refractivity contribution is 5.89. The van der Waals surface area contributed by atoms with Crippen LogP contribution in [0, 0.1) is 34.5 Å². The molecule has 264 valence electrons. The number of piperidine rings is 1. The minimum Gasteiger partial charge on any atom is -0.462 e. The molecule has 1 saturated heterocycles. The van der Waals surface area contributed by atoms with E-state index in [1.165, 1.54) is 21.0 Å². The highest BCUT2D eigenvalue weighted by atomic mass is 16.6. The molecule has 6 fully saturated rings. The third-order valence-corrected chi connectivity index (χ3v) is 13.2. The zero-order valence-electron chi connectivity index (χ0n) is 28.5. The van der Waals surface area contributed by atoms with E-state index in [0.717, 1.165) is 0 Å². The lowest BCUT2D eigenvalue weighted by atomic mass is 9.42. The average molecular weight is 674 g/mol. The molecule has 5 saturated carbocycles. The summed E-state index contributed by atoms with van der Waals surface area (Å²) in [5, 5.41) is 25.3. The third-order valence-electron chi connectivity index (χ3n) is 13.2. The number of likely N-dealkylation sites (tertiary alicyclic amines) is 1. The number of fused-ring (bicyclic) bond motifs is 2. The van der Waals surface area contributed by atoms with E-state index < -0.39 is 100 Å². The van der Waals surface area contributed by atoms with E-state index in [1.807, 2.05) is 7.05 Å². The molecule has 0 aromatic heterocycles. The molecule has 1 heterocycles. The van der Waals surface area contributed by atoms with Crippen LogP contribution in [0.3, 0.4) is 0 Å². The fourth-order valence-electron chi connectivity index (χ4n) is 12.5. The Hall–Kier alpha value is -2.65. The average Bonchev–Trinajstić information content (AvgIpc) is 3.43. The van der Waals surface area contributed by atoms with Crippen LogP contribution < -0.4 is 0 Å². The number of hydrogen-bond donors (Lipinski definition) is 2. The van der Waals surface area contributed by atoms with Gasteiger partial charge in [-0.1, -0.05) is 18.2 Å². The quantitative estimate of drug-likeness (QED) is 0.281. The highest BCUT2D eigenvalue weighted by Gasteiger charge is 2.92. The fourth-order valence-corrected chi connectivity index (χ4v) is 12.5. The Morgan fingerprint density at radius 1 is 0.917 bits per heavy atom. The molecular weight excluding hydrogens is 626 g/mol. The number of aliphatic hydroxyl groups excluding tert-OH is 1. The normalized spacial score (nSPS) is 48.1. The summed E-state index contributed by atoms with van der Waals surface area (Å²) in [6, 6.07) is 8.09. The second-order valence-corrected chi connectivity index (χ2v) is 14.9. The highest BCUT2D eigenvalue weighted by Crippen LogP contribution is 2.80. The number of carbonyl (C=O) groups excluding carboxylic acids is 3. The van der Waals surface area contributed by atoms with Crippen LogP contribution >= 0.6 is 0 Å². The van der Waals surface area contributed by atoms with Crippen molar-refractivity contribution < 1.29 is 57.8 Å². The van der Waals surface area contributed by atoms with Gasteiger partial charge in [-0.2, -0.15) is 0 Å². The van der Waals surface area contributed by atoms with Gasteiger partial charge in [0.25, 0.3) is 0 Å². The van der Waals surface area contributed by atoms with Crippen molar-refractivity contribution in [1.29, 1.82) is 0 Å². The molecule has 5 unspecified atom stereocenters. The van der Waals surface area contributed by atoms with Gasteiger partial charge in [-0.25, -0.2) is 4.79 Å². The molecule has 15 atom stereocenters. The number of carbonyl (C=O) groups is 3. The first-order valence-corrected chi connectivity index (χ1v) is 16.7. The molecule has 7 rings (SSSR count). The summed E-state index contributed by atoms with van der Waals surface area (Å²) in [7, 11) is 8.19. The second kappa shape index (κ2) is 11.4. The first kappa shape index (κ1) is 33.8. The van der Waals surface area contributed by atoms with Crippen LogP contribution in [-0.4, -0.2) is 136 Å². The van der Waals surface area contributed by atoms with E-state index in [-0.39, 0.29) is 24.6 Å². The molecule has 7 bridgehead atoms. The lowest BCUT2D eigenvalue weighted by Gasteiger charge is -2.70. The maximum atomic E-state index is 13.8. The van der Waals surface area contributed by atoms with Gasteiger partial charge < -0.3 is 48.3 Å². The molecule has 13 nitrogen and oxygen atoms in total. The molecule has 0 amide bonds. The lowest BCUT2D eigenvalue weighted by Crippen LogP contribution is -2.81. The summed E-state index contributed by atoms with van der Waals surface area (Å²) < 4.78 is 43.7. The Labute approximate surface area is 280 Å². The summed E-state index contributed by atoms with van der Waals surface area (Å²) in [6.45, 7) is 3.34. The third kappa shape index (κ3) is 3.95. The van der Waals surface area contributed by atoms with E-state index in [4.69, 9.17) is 33.2 Å². The van der Waals surface area contributed by atoms with E-state index in [1.54, 1.807) is 51.7 Å². The lowest BCUT2D eigenvalue weighted by molar-refractivity contribution is -0.321. The van der Waals surface area contributed by atoms with Gasteiger partial charge in [-0.15, -0.1) is 0 Å². The van der Waals surface area contributed by atoms with Gasteiger partial charge in [-0.3, -0.25) is 9.59 Å². The Morgan fingerprint density at radius 2 is 1.62 bits per heavy atom. The minimum atomic E-state index is -1.86. The molecule has 2 N–H and O–H groups in total. The van der Waals surface area contributed by atoms with Crippen LogP contribution in [0.15, 0.2) is 30.3 Å². The number of ether oxygens (including phenoxy) is 7. The van der Waals surface area contributed by atoms with Gasteiger partial charge in [0.1, 0.15) is 30.0 Å². The smallest absolute Gasteiger partial charge is 0.338 e. The van der Waals surface area contributed by atoms with Crippen molar-refractivity contribution in [2.24, 2.45) is 34.5 Å². The number of rotatable bonds is 9. The van der Waals surface area contributed by atoms with Crippen molar-refractivity contribution in [2.45, 2.75) is 80.6 Å². The maximum absolute atomic E-state index is 13.8. The number of nitrogens with zero attached hydrogens (tertiary/aromatic N) is 1. The summed E-state index contributed by atoms with van der Waals surface area (Å²) in [6.07, 6.45) is -5.46. The first-order chi connectivity index (χ1) is 22.8. The molecule has 1 aromatic carbocycles. The minimum absolute atomic E-state index is 0.0497. The maximum Gasteiger partial charge on any atom is 0.338 e. The molecule has 6 aliphatic rings. The van der Waals surface area contributed by atoms with Crippen LogP contribution in [0.1, 0.15) is 37.0 Å². The number of esters is 3. The summed E-state index contributed by atoms with van der Waals surface area (Å²) >= 11 is 0. The number of benzene rings is 1. The SMILES string of the molecule is COC[C@]12CN(C)C3C4C(OC)[C@H]1C3(C(OC)C[C@H]2OC(C)=O)[C@H]1C[C@]2(O)[C@H](OC(=O)c3ccccc3)[C@@H]1[C@]4(OC(C)=O)[C@@H](O)[C@@H]2OC. The van der Waals surface area contributed by atoms with Crippen LogP contribution in [-0.2, 0) is 42.7 Å². The van der Waals surface area contributed by atoms with Gasteiger partial charge >= 0.3 is 17.9 Å². The molecule has 5 aliphatic carbocycles. The van der Waals surface area contributed by atoms with Crippen molar-refractivity contribution in [3.63, 3.8) is 0 Å². The first-order valence-electron chi connectivity index (χ1n) is 16.7. The van der Waals surface area contributed by atoms with E-state index in [9.17, 15) is 24.6 Å². The summed E-state index contributed by atoms with van der Waals surface area (Å²) in [5.41, 5.74) is -4.92. The number of aliphatic hydroxyl groups is 2. The van der Waals surface area contributed by atoms with E-state index in [0.29, 0.717) is 13.0 Å². The fraction of sp³-hybridized carbons (Fsp3) is 0.743. The summed E-state index contributed by atoms with van der Waals surface area (Å²) in [4.78, 5) is 41.9. The zero-order valence-corrected chi connectivity index (χ0v) is 28.5. The Bertz CT molecular complexity index is 1460. The Kier molecular flexibility index (Phi) is 8.06. The second-order valence-electron chi connectivity index (χ2n) is 14.9. The standard InChI is InChI=1S/C35H47NO12/c1-17(37)46-21-13-22(43-5)34-20-14-33(41)29(47-31(40)19-11-9-8-10-12-19)23(20)35(48-18(2)38,28(39)30(33)45-7)24-25(44-6)26(34)32(21,16-42-4)15-36(3)27(24)34/h8-12,20-30,39,41H,13-16H2,1-7H3/t20-,21+,22?,23+,24?,25?,26+,27?,28-,29+,30-,32-,33-,34?,35+/m0/s1. The van der Waals surface area contributed by atoms with Gasteiger partial charge in [0.05, 0.1) is 24.4 Å². The largest absolute Gasteiger partial charge is 0.462 e. The predicted molar refractivity (Wildman–Crippen MR) is 165 cm³/mol. The van der Waals surface area contributed by atoms with Crippen molar-refractivity contribution in [3.8, 4) is 0 Å². The topological polar surface area (TPSA) is 160 Å². The zero-order chi connectivity index (χ0) is 34.6. The Morgan fingerprint density at radius 3 is 2.21 bits per heavy atom. The van der Waals surface area contributed by atoms with Crippen LogP contribution in [0.25, 0.3) is 0 Å². The van der Waals surface area contributed by atoms with Crippen molar-refractivity contribution in [2.75, 3.05) is 48.6 Å². The summed E-state index contributed by atoms with van der Waals surface area (Å²) in [5.74, 6) is -4.27. The molecule has 1 aromatic rings. The van der Waals surface area contributed by atoms with Gasteiger partial charge in [0.2, 0.25) is 0 Å². The number of hydrogen-bond acceptors (Lipinski definition) is 13. The molecule has 48 heavy (non-hydrogen) atoms. The molecule has 13 heteroatoms. The van der Waals surface area contributed by atoms with Crippen LogP contribution in [0.4, 0.5) is 0 Å². The monoisotopic (exact) mass is 673 g/mol. The molecule has 0 radical (unpaired) electrons. The Balaban J connectivity index is 1.52. The van der Waals surface area contributed by atoms with Gasteiger partial charge in [0.15, 0.2) is 5.60 Å². The molecule has 1 spiro atoms.